The van der Waals surface area contributed by atoms with Gasteiger partial charge >= 0.3 is 6.18 Å². The Labute approximate surface area is 118 Å². The van der Waals surface area contributed by atoms with Crippen molar-refractivity contribution in [1.29, 1.82) is 0 Å². The molecule has 2 rings (SSSR count). The second-order valence-electron chi connectivity index (χ2n) is 4.24. The molecule has 0 aliphatic rings. The summed E-state index contributed by atoms with van der Waals surface area (Å²) in [6.07, 6.45) is -3.88. The number of aromatic nitrogens is 1. The van der Waals surface area contributed by atoms with Gasteiger partial charge in [0, 0.05) is 18.3 Å². The summed E-state index contributed by atoms with van der Waals surface area (Å²) in [7, 11) is 0. The second kappa shape index (κ2) is 5.82. The molecule has 110 valence electrons. The number of aromatic hydroxyl groups is 1. The number of carbonyl (C=O) groups is 1. The Morgan fingerprint density at radius 3 is 2.48 bits per heavy atom. The van der Waals surface area contributed by atoms with E-state index in [0.29, 0.717) is 11.8 Å². The van der Waals surface area contributed by atoms with Gasteiger partial charge in [-0.3, -0.25) is 9.78 Å². The van der Waals surface area contributed by atoms with Crippen LogP contribution in [0.1, 0.15) is 21.6 Å². The lowest BCUT2D eigenvalue weighted by atomic mass is 10.2. The maximum absolute atomic E-state index is 12.4. The van der Waals surface area contributed by atoms with Gasteiger partial charge in [-0.25, -0.2) is 0 Å². The Kier molecular flexibility index (Phi) is 4.11. The van der Waals surface area contributed by atoms with Crippen molar-refractivity contribution in [2.45, 2.75) is 12.7 Å². The first-order chi connectivity index (χ1) is 9.88. The number of pyridine rings is 1. The van der Waals surface area contributed by atoms with Crippen molar-refractivity contribution in [1.82, 2.24) is 10.3 Å². The highest BCUT2D eigenvalue weighted by atomic mass is 19.4. The summed E-state index contributed by atoms with van der Waals surface area (Å²) < 4.78 is 37.1. The number of benzene rings is 1. The molecule has 1 aromatic carbocycles. The molecule has 0 saturated heterocycles. The number of amides is 1. The molecule has 0 radical (unpaired) electrons. The van der Waals surface area contributed by atoms with Crippen molar-refractivity contribution in [2.75, 3.05) is 0 Å². The van der Waals surface area contributed by atoms with Crippen LogP contribution in [0.25, 0.3) is 0 Å². The van der Waals surface area contributed by atoms with Crippen LogP contribution < -0.4 is 5.32 Å². The van der Waals surface area contributed by atoms with Crippen molar-refractivity contribution in [3.05, 3.63) is 59.4 Å². The number of nitrogens with one attached hydrogen (secondary N) is 1. The molecule has 0 saturated carbocycles. The number of halogens is 3. The average molecular weight is 296 g/mol. The lowest BCUT2D eigenvalue weighted by Gasteiger charge is -2.08. The third-order valence-corrected chi connectivity index (χ3v) is 2.75. The zero-order chi connectivity index (χ0) is 15.5. The van der Waals surface area contributed by atoms with Crippen LogP contribution in [0.15, 0.2) is 42.6 Å². The number of hydrogen-bond acceptors (Lipinski definition) is 3. The highest BCUT2D eigenvalue weighted by Crippen LogP contribution is 2.28. The van der Waals surface area contributed by atoms with E-state index < -0.39 is 17.6 Å². The van der Waals surface area contributed by atoms with Gasteiger partial charge in [0.05, 0.1) is 5.56 Å². The first kappa shape index (κ1) is 14.8. The van der Waals surface area contributed by atoms with Gasteiger partial charge in [0.1, 0.15) is 11.4 Å². The van der Waals surface area contributed by atoms with E-state index in [1.807, 2.05) is 0 Å². The summed E-state index contributed by atoms with van der Waals surface area (Å²) in [6, 6.07) is 8.22. The Balaban J connectivity index is 2.03. The normalized spacial score (nSPS) is 11.2. The molecule has 0 unspecified atom stereocenters. The summed E-state index contributed by atoms with van der Waals surface area (Å²) in [5.74, 6) is -0.592. The second-order valence-corrected chi connectivity index (χ2v) is 4.24. The minimum absolute atomic E-state index is 0.0261. The molecule has 1 heterocycles. The van der Waals surface area contributed by atoms with Crippen LogP contribution in [0.5, 0.6) is 5.75 Å². The van der Waals surface area contributed by atoms with Gasteiger partial charge in [0.25, 0.3) is 5.91 Å². The molecule has 0 fully saturated rings. The third-order valence-electron chi connectivity index (χ3n) is 2.75. The summed E-state index contributed by atoms with van der Waals surface area (Å²) in [5, 5.41) is 12.0. The molecule has 0 spiro atoms. The molecule has 2 aromatic rings. The minimum Gasteiger partial charge on any atom is -0.508 e. The van der Waals surface area contributed by atoms with Crippen LogP contribution in [0.3, 0.4) is 0 Å². The Bertz CT molecular complexity index is 639. The van der Waals surface area contributed by atoms with E-state index in [-0.39, 0.29) is 18.0 Å². The third kappa shape index (κ3) is 3.71. The van der Waals surface area contributed by atoms with Gasteiger partial charge < -0.3 is 10.4 Å². The first-order valence-electron chi connectivity index (χ1n) is 5.96. The van der Waals surface area contributed by atoms with Crippen LogP contribution in [-0.2, 0) is 12.7 Å². The van der Waals surface area contributed by atoms with Gasteiger partial charge in [-0.2, -0.15) is 13.2 Å². The van der Waals surface area contributed by atoms with Crippen molar-refractivity contribution in [3.63, 3.8) is 0 Å². The van der Waals surface area contributed by atoms with E-state index in [1.165, 1.54) is 6.07 Å². The fourth-order valence-corrected chi connectivity index (χ4v) is 1.62. The Hall–Kier alpha value is -2.57. The minimum atomic E-state index is -4.49. The SMILES string of the molecule is O=C(NCc1ccccc1O)c1ccc(C(F)(F)F)cn1. The number of rotatable bonds is 3. The zero-order valence-electron chi connectivity index (χ0n) is 10.7. The molecule has 1 amide bonds. The number of carbonyl (C=O) groups excluding carboxylic acids is 1. The quantitative estimate of drug-likeness (QED) is 0.915. The van der Waals surface area contributed by atoms with Crippen molar-refractivity contribution >= 4 is 5.91 Å². The monoisotopic (exact) mass is 296 g/mol. The number of nitrogens with zero attached hydrogens (tertiary/aromatic N) is 1. The van der Waals surface area contributed by atoms with Crippen molar-refractivity contribution < 1.29 is 23.1 Å². The number of phenolic OH excluding ortho intramolecular Hbond substituents is 1. The molecule has 0 atom stereocenters. The van der Waals surface area contributed by atoms with E-state index in [1.54, 1.807) is 18.2 Å². The van der Waals surface area contributed by atoms with Crippen LogP contribution >= 0.6 is 0 Å². The molecule has 1 aromatic heterocycles. The molecule has 7 heteroatoms. The van der Waals surface area contributed by atoms with Crippen LogP contribution in [0, 0.1) is 0 Å². The number of alkyl halides is 3. The fraction of sp³-hybridized carbons (Fsp3) is 0.143. The van der Waals surface area contributed by atoms with E-state index in [0.717, 1.165) is 12.1 Å². The summed E-state index contributed by atoms with van der Waals surface area (Å²) >= 11 is 0. The van der Waals surface area contributed by atoms with E-state index in [2.05, 4.69) is 10.3 Å². The maximum atomic E-state index is 12.4. The van der Waals surface area contributed by atoms with Crippen LogP contribution in [0.2, 0.25) is 0 Å². The fourth-order valence-electron chi connectivity index (χ4n) is 1.62. The van der Waals surface area contributed by atoms with Gasteiger partial charge in [-0.05, 0) is 18.2 Å². The van der Waals surface area contributed by atoms with Gasteiger partial charge in [-0.1, -0.05) is 18.2 Å². The predicted octanol–water partition coefficient (Wildman–Crippen LogP) is 2.74. The van der Waals surface area contributed by atoms with Crippen LogP contribution in [0.4, 0.5) is 13.2 Å². The lowest BCUT2D eigenvalue weighted by molar-refractivity contribution is -0.137. The van der Waals surface area contributed by atoms with Gasteiger partial charge in [0.2, 0.25) is 0 Å². The summed E-state index contributed by atoms with van der Waals surface area (Å²) in [6.45, 7) is 0.0498. The van der Waals surface area contributed by atoms with E-state index in [4.69, 9.17) is 0 Å². The average Bonchev–Trinajstić information content (AvgIpc) is 2.45. The molecule has 0 aliphatic carbocycles. The topological polar surface area (TPSA) is 62.2 Å². The molecule has 0 bridgehead atoms. The number of para-hydroxylation sites is 1. The Morgan fingerprint density at radius 2 is 1.90 bits per heavy atom. The van der Waals surface area contributed by atoms with E-state index >= 15 is 0 Å². The number of phenols is 1. The molecular formula is C14H11F3N2O2. The van der Waals surface area contributed by atoms with Gasteiger partial charge in [-0.15, -0.1) is 0 Å². The highest BCUT2D eigenvalue weighted by Gasteiger charge is 2.30. The molecule has 2 N–H and O–H groups in total. The summed E-state index contributed by atoms with van der Waals surface area (Å²) in [4.78, 5) is 15.2. The molecule has 21 heavy (non-hydrogen) atoms. The maximum Gasteiger partial charge on any atom is 0.417 e. The smallest absolute Gasteiger partial charge is 0.417 e. The molecule has 4 nitrogen and oxygen atoms in total. The predicted molar refractivity (Wildman–Crippen MR) is 68.5 cm³/mol. The van der Waals surface area contributed by atoms with Crippen LogP contribution in [-0.4, -0.2) is 16.0 Å². The number of hydrogen-bond donors (Lipinski definition) is 2. The van der Waals surface area contributed by atoms with Crippen molar-refractivity contribution in [3.8, 4) is 5.75 Å². The highest BCUT2D eigenvalue weighted by molar-refractivity contribution is 5.92. The summed E-state index contributed by atoms with van der Waals surface area (Å²) in [5.41, 5.74) is -0.545. The standard InChI is InChI=1S/C14H11F3N2O2/c15-14(16,17)10-5-6-11(18-8-10)13(21)19-7-9-3-1-2-4-12(9)20/h1-6,8,20H,7H2,(H,19,21). The lowest BCUT2D eigenvalue weighted by Crippen LogP contribution is -2.24. The van der Waals surface area contributed by atoms with E-state index in [9.17, 15) is 23.1 Å². The van der Waals surface area contributed by atoms with Crippen molar-refractivity contribution in [2.24, 2.45) is 0 Å². The molecular weight excluding hydrogens is 285 g/mol. The van der Waals surface area contributed by atoms with Gasteiger partial charge in [0.15, 0.2) is 0 Å². The first-order valence-corrected chi connectivity index (χ1v) is 5.96. The zero-order valence-corrected chi connectivity index (χ0v) is 10.7. The Morgan fingerprint density at radius 1 is 1.19 bits per heavy atom. The largest absolute Gasteiger partial charge is 0.508 e. The molecule has 0 aliphatic heterocycles.